The molecule has 2 aromatic carbocycles. The molecule has 2 saturated carbocycles. The van der Waals surface area contributed by atoms with Gasteiger partial charge < -0.3 is 30.0 Å². The van der Waals surface area contributed by atoms with Crippen molar-refractivity contribution in [2.24, 2.45) is 19.5 Å². The standard InChI is InChI=1S/C44H55ClN8O5/c1-27-30(9-7-11-32(27)48-41(55)39-47-35-26-53(23-18-37(35)51(39)3)28-13-15-29(54)16-14-28)31-10-8-12-33(38(31)45)49-42(56)40-46-34-25-52(22-17-36(34)50(40)2)24-21-44(43(57)58)19-5-4-6-20-44/h7-12,28-29,54H,4-6,13-26H2,1-3H3,(H,48,55)(H,49,56)(H,57,58). The van der Waals surface area contributed by atoms with Crippen LogP contribution in [0, 0.1) is 12.3 Å². The van der Waals surface area contributed by atoms with Gasteiger partial charge in [-0.3, -0.25) is 24.2 Å². The van der Waals surface area contributed by atoms with E-state index < -0.39 is 11.4 Å². The van der Waals surface area contributed by atoms with Crippen molar-refractivity contribution >= 4 is 40.8 Å². The first-order valence-electron chi connectivity index (χ1n) is 20.9. The van der Waals surface area contributed by atoms with E-state index in [1.807, 2.05) is 60.5 Å². The largest absolute Gasteiger partial charge is 0.481 e. The Bertz CT molecular complexity index is 2220. The van der Waals surface area contributed by atoms with E-state index in [2.05, 4.69) is 20.4 Å². The second-order valence-electron chi connectivity index (χ2n) is 16.9. The predicted molar refractivity (Wildman–Crippen MR) is 223 cm³/mol. The molecule has 308 valence electrons. The molecule has 0 atom stereocenters. The van der Waals surface area contributed by atoms with Crippen LogP contribution in [0.15, 0.2) is 36.4 Å². The number of carboxylic acid groups (broad SMARTS) is 1. The number of nitrogens with zero attached hydrogens (tertiary/aromatic N) is 6. The van der Waals surface area contributed by atoms with Gasteiger partial charge in [0.2, 0.25) is 0 Å². The number of carbonyl (C=O) groups is 3. The zero-order valence-electron chi connectivity index (χ0n) is 33.8. The van der Waals surface area contributed by atoms with Crippen molar-refractivity contribution in [3.63, 3.8) is 0 Å². The summed E-state index contributed by atoms with van der Waals surface area (Å²) in [6, 6.07) is 11.6. The van der Waals surface area contributed by atoms with Crippen molar-refractivity contribution in [3.8, 4) is 11.1 Å². The zero-order valence-corrected chi connectivity index (χ0v) is 34.6. The molecule has 2 amide bonds. The first-order valence-corrected chi connectivity index (χ1v) is 21.3. The average Bonchev–Trinajstić information content (AvgIpc) is 3.74. The van der Waals surface area contributed by atoms with E-state index in [0.717, 1.165) is 118 Å². The normalized spacial score (nSPS) is 20.9. The maximum atomic E-state index is 13.8. The van der Waals surface area contributed by atoms with Crippen LogP contribution in [-0.2, 0) is 44.8 Å². The third kappa shape index (κ3) is 7.81. The highest BCUT2D eigenvalue weighted by molar-refractivity contribution is 6.36. The minimum absolute atomic E-state index is 0.194. The third-order valence-corrected chi connectivity index (χ3v) is 13.9. The van der Waals surface area contributed by atoms with Crippen molar-refractivity contribution in [1.29, 1.82) is 0 Å². The summed E-state index contributed by atoms with van der Waals surface area (Å²) in [5.41, 5.74) is 6.68. The highest BCUT2D eigenvalue weighted by Crippen LogP contribution is 2.41. The van der Waals surface area contributed by atoms with E-state index in [-0.39, 0.29) is 17.9 Å². The fourth-order valence-electron chi connectivity index (χ4n) is 9.89. The summed E-state index contributed by atoms with van der Waals surface area (Å²) in [5.74, 6) is -0.673. The molecule has 0 bridgehead atoms. The maximum absolute atomic E-state index is 13.8. The summed E-state index contributed by atoms with van der Waals surface area (Å²) >= 11 is 7.04. The number of anilines is 2. The predicted octanol–water partition coefficient (Wildman–Crippen LogP) is 6.73. The number of benzene rings is 2. The Hall–Kier alpha value is -4.56. The first-order chi connectivity index (χ1) is 27.9. The summed E-state index contributed by atoms with van der Waals surface area (Å²) in [6.45, 7) is 5.60. The van der Waals surface area contributed by atoms with Crippen molar-refractivity contribution in [1.82, 2.24) is 28.9 Å². The van der Waals surface area contributed by atoms with Crippen LogP contribution in [0.1, 0.15) is 114 Å². The van der Waals surface area contributed by atoms with Gasteiger partial charge in [-0.15, -0.1) is 0 Å². The van der Waals surface area contributed by atoms with Gasteiger partial charge in [0.15, 0.2) is 11.6 Å². The molecule has 0 saturated heterocycles. The Kier molecular flexibility index (Phi) is 11.5. The van der Waals surface area contributed by atoms with Crippen LogP contribution >= 0.6 is 11.6 Å². The molecule has 0 unspecified atom stereocenters. The summed E-state index contributed by atoms with van der Waals surface area (Å²) in [7, 11) is 3.76. The molecule has 2 aliphatic heterocycles. The number of hydrogen-bond donors (Lipinski definition) is 4. The molecule has 2 aromatic heterocycles. The minimum Gasteiger partial charge on any atom is -0.481 e. The number of carboxylic acids is 1. The van der Waals surface area contributed by atoms with Crippen LogP contribution in [-0.4, -0.2) is 88.7 Å². The fraction of sp³-hybridized carbons (Fsp3) is 0.523. The Morgan fingerprint density at radius 1 is 0.810 bits per heavy atom. The van der Waals surface area contributed by atoms with E-state index in [1.54, 1.807) is 6.07 Å². The van der Waals surface area contributed by atoms with Gasteiger partial charge in [0, 0.05) is 81.8 Å². The summed E-state index contributed by atoms with van der Waals surface area (Å²) < 4.78 is 3.77. The van der Waals surface area contributed by atoms with Crippen LogP contribution in [0.4, 0.5) is 11.4 Å². The lowest BCUT2D eigenvalue weighted by Crippen LogP contribution is -2.42. The molecular formula is C44H55ClN8O5. The number of aromatic nitrogens is 4. The van der Waals surface area contributed by atoms with E-state index >= 15 is 0 Å². The molecule has 0 radical (unpaired) electrons. The lowest BCUT2D eigenvalue weighted by Gasteiger charge is -2.37. The minimum atomic E-state index is -0.678. The van der Waals surface area contributed by atoms with Gasteiger partial charge >= 0.3 is 5.97 Å². The summed E-state index contributed by atoms with van der Waals surface area (Å²) in [5, 5.41) is 26.5. The third-order valence-electron chi connectivity index (χ3n) is 13.5. The quantitative estimate of drug-likeness (QED) is 0.136. The van der Waals surface area contributed by atoms with E-state index in [0.29, 0.717) is 65.7 Å². The lowest BCUT2D eigenvalue weighted by molar-refractivity contribution is -0.152. The van der Waals surface area contributed by atoms with E-state index in [1.165, 1.54) is 0 Å². The molecule has 4 aromatic rings. The second-order valence-corrected chi connectivity index (χ2v) is 17.3. The number of aliphatic carboxylic acids is 1. The molecule has 58 heavy (non-hydrogen) atoms. The molecular weight excluding hydrogens is 756 g/mol. The Morgan fingerprint density at radius 3 is 2.05 bits per heavy atom. The van der Waals surface area contributed by atoms with Crippen molar-refractivity contribution in [2.75, 3.05) is 30.3 Å². The van der Waals surface area contributed by atoms with Crippen molar-refractivity contribution < 1.29 is 24.6 Å². The SMILES string of the molecule is Cc1c(NC(=O)c2nc3c(n2C)CCN(C2CCC(O)CC2)C3)cccc1-c1cccc(NC(=O)c2nc3c(n2C)CCN(CCC2(C(=O)O)CCCCC2)C3)c1Cl. The van der Waals surface area contributed by atoms with Gasteiger partial charge in [0.25, 0.3) is 11.8 Å². The van der Waals surface area contributed by atoms with Gasteiger partial charge in [0.1, 0.15) is 0 Å². The number of amides is 2. The van der Waals surface area contributed by atoms with E-state index in [9.17, 15) is 24.6 Å². The Balaban J connectivity index is 0.938. The number of rotatable bonds is 10. The van der Waals surface area contributed by atoms with Crippen LogP contribution in [0.25, 0.3) is 11.1 Å². The van der Waals surface area contributed by atoms with Crippen LogP contribution in [0.5, 0.6) is 0 Å². The number of aliphatic hydroxyl groups excluding tert-OH is 1. The monoisotopic (exact) mass is 810 g/mol. The van der Waals surface area contributed by atoms with Gasteiger partial charge in [0.05, 0.1) is 33.6 Å². The highest BCUT2D eigenvalue weighted by atomic mass is 35.5. The number of aliphatic hydroxyl groups is 1. The number of hydrogen-bond acceptors (Lipinski definition) is 8. The topological polar surface area (TPSA) is 158 Å². The summed E-state index contributed by atoms with van der Waals surface area (Å²) in [6.07, 6.45) is 10.1. The number of carbonyl (C=O) groups excluding carboxylic acids is 2. The van der Waals surface area contributed by atoms with Crippen LogP contribution in [0.3, 0.4) is 0 Å². The smallest absolute Gasteiger partial charge is 0.309 e. The number of nitrogens with one attached hydrogen (secondary N) is 2. The van der Waals surface area contributed by atoms with Crippen LogP contribution < -0.4 is 10.6 Å². The molecule has 0 spiro atoms. The molecule has 4 aliphatic rings. The Labute approximate surface area is 344 Å². The van der Waals surface area contributed by atoms with Gasteiger partial charge in [-0.05, 0) is 81.7 Å². The van der Waals surface area contributed by atoms with Gasteiger partial charge in [-0.1, -0.05) is 55.1 Å². The molecule has 2 aliphatic carbocycles. The molecule has 4 N–H and O–H groups in total. The molecule has 4 heterocycles. The summed E-state index contributed by atoms with van der Waals surface area (Å²) in [4.78, 5) is 54.1. The lowest BCUT2D eigenvalue weighted by atomic mass is 9.72. The average molecular weight is 811 g/mol. The number of imidazole rings is 2. The zero-order chi connectivity index (χ0) is 40.7. The fourth-order valence-corrected chi connectivity index (χ4v) is 10.2. The maximum Gasteiger partial charge on any atom is 0.309 e. The number of halogens is 1. The van der Waals surface area contributed by atoms with Crippen molar-refractivity contribution in [2.45, 2.75) is 109 Å². The van der Waals surface area contributed by atoms with E-state index in [4.69, 9.17) is 21.6 Å². The Morgan fingerprint density at radius 2 is 1.40 bits per heavy atom. The molecule has 8 rings (SSSR count). The number of fused-ring (bicyclic) bond motifs is 2. The molecule has 13 nitrogen and oxygen atoms in total. The van der Waals surface area contributed by atoms with Gasteiger partial charge in [-0.2, -0.15) is 0 Å². The highest BCUT2D eigenvalue weighted by Gasteiger charge is 2.40. The second kappa shape index (κ2) is 16.6. The first kappa shape index (κ1) is 40.2. The molecule has 14 heteroatoms. The van der Waals surface area contributed by atoms with Crippen molar-refractivity contribution in [3.05, 3.63) is 81.4 Å². The van der Waals surface area contributed by atoms with Gasteiger partial charge in [-0.25, -0.2) is 9.97 Å². The van der Waals surface area contributed by atoms with Crippen LogP contribution in [0.2, 0.25) is 5.02 Å². The molecule has 2 fully saturated rings.